The van der Waals surface area contributed by atoms with Crippen LogP contribution >= 0.6 is 0 Å². The van der Waals surface area contributed by atoms with E-state index < -0.39 is 0 Å². The van der Waals surface area contributed by atoms with Crippen molar-refractivity contribution in [3.63, 3.8) is 0 Å². The van der Waals surface area contributed by atoms with Crippen LogP contribution in [-0.4, -0.2) is 24.5 Å². The van der Waals surface area contributed by atoms with Gasteiger partial charge < -0.3 is 5.73 Å². The second-order valence-corrected chi connectivity index (χ2v) is 5.34. The Kier molecular flexibility index (Phi) is 4.19. The number of likely N-dealkylation sites (tertiary alicyclic amines) is 1. The molecule has 1 saturated heterocycles. The molecule has 0 spiro atoms. The van der Waals surface area contributed by atoms with Gasteiger partial charge in [0.15, 0.2) is 0 Å². The summed E-state index contributed by atoms with van der Waals surface area (Å²) in [5, 5.41) is 0. The average molecular weight is 232 g/mol. The van der Waals surface area contributed by atoms with Crippen molar-refractivity contribution >= 4 is 0 Å². The highest BCUT2D eigenvalue weighted by molar-refractivity contribution is 5.33. The fourth-order valence-corrected chi connectivity index (χ4v) is 2.71. The predicted molar refractivity (Wildman–Crippen MR) is 73.0 cm³/mol. The fourth-order valence-electron chi connectivity index (χ4n) is 2.71. The van der Waals surface area contributed by atoms with Crippen molar-refractivity contribution in [2.75, 3.05) is 19.6 Å². The van der Waals surface area contributed by atoms with Crippen molar-refractivity contribution < 1.29 is 0 Å². The first kappa shape index (κ1) is 12.6. The van der Waals surface area contributed by atoms with E-state index in [0.29, 0.717) is 5.92 Å². The van der Waals surface area contributed by atoms with Crippen LogP contribution in [0.1, 0.15) is 29.5 Å². The van der Waals surface area contributed by atoms with Gasteiger partial charge in [-0.25, -0.2) is 0 Å². The molecule has 1 atom stereocenters. The van der Waals surface area contributed by atoms with Crippen molar-refractivity contribution in [1.29, 1.82) is 0 Å². The topological polar surface area (TPSA) is 29.3 Å². The zero-order chi connectivity index (χ0) is 12.3. The van der Waals surface area contributed by atoms with Crippen LogP contribution in [0.15, 0.2) is 18.2 Å². The van der Waals surface area contributed by atoms with Crippen molar-refractivity contribution in [2.24, 2.45) is 11.7 Å². The van der Waals surface area contributed by atoms with Gasteiger partial charge in [-0.2, -0.15) is 0 Å². The number of aryl methyl sites for hydroxylation is 1. The van der Waals surface area contributed by atoms with E-state index in [4.69, 9.17) is 5.73 Å². The quantitative estimate of drug-likeness (QED) is 0.867. The molecule has 17 heavy (non-hydrogen) atoms. The van der Waals surface area contributed by atoms with Crippen LogP contribution in [-0.2, 0) is 6.54 Å². The van der Waals surface area contributed by atoms with Gasteiger partial charge >= 0.3 is 0 Å². The summed E-state index contributed by atoms with van der Waals surface area (Å²) in [4.78, 5) is 2.56. The lowest BCUT2D eigenvalue weighted by Crippen LogP contribution is -2.38. The lowest BCUT2D eigenvalue weighted by Gasteiger charge is -2.32. The number of hydrogen-bond acceptors (Lipinski definition) is 2. The maximum absolute atomic E-state index is 5.79. The third kappa shape index (κ3) is 3.08. The van der Waals surface area contributed by atoms with Gasteiger partial charge in [0, 0.05) is 13.1 Å². The molecule has 0 aliphatic carbocycles. The number of hydrogen-bond donors (Lipinski definition) is 1. The molecule has 2 nitrogen and oxygen atoms in total. The van der Waals surface area contributed by atoms with E-state index in [1.807, 2.05) is 0 Å². The van der Waals surface area contributed by atoms with Crippen molar-refractivity contribution in [1.82, 2.24) is 4.90 Å². The Morgan fingerprint density at radius 3 is 2.94 bits per heavy atom. The van der Waals surface area contributed by atoms with E-state index in [1.54, 1.807) is 0 Å². The molecule has 1 aromatic carbocycles. The first-order valence-corrected chi connectivity index (χ1v) is 6.68. The molecule has 2 heteroatoms. The number of rotatable bonds is 3. The summed E-state index contributed by atoms with van der Waals surface area (Å²) in [5.74, 6) is 0.703. The minimum Gasteiger partial charge on any atom is -0.330 e. The highest BCUT2D eigenvalue weighted by Gasteiger charge is 2.19. The molecule has 1 heterocycles. The molecular weight excluding hydrogens is 208 g/mol. The Morgan fingerprint density at radius 1 is 1.35 bits per heavy atom. The SMILES string of the molecule is Cc1cccc(CN2CCCC(CN)C2)c1C. The second kappa shape index (κ2) is 5.65. The summed E-state index contributed by atoms with van der Waals surface area (Å²) in [6.45, 7) is 8.74. The van der Waals surface area contributed by atoms with E-state index in [2.05, 4.69) is 36.9 Å². The molecule has 0 aromatic heterocycles. The average Bonchev–Trinajstić information content (AvgIpc) is 2.35. The van der Waals surface area contributed by atoms with Crippen LogP contribution in [0, 0.1) is 19.8 Å². The van der Waals surface area contributed by atoms with E-state index in [-0.39, 0.29) is 0 Å². The summed E-state index contributed by atoms with van der Waals surface area (Å²) in [6, 6.07) is 6.62. The van der Waals surface area contributed by atoms with Crippen LogP contribution in [0.4, 0.5) is 0 Å². The molecule has 1 aromatic rings. The fraction of sp³-hybridized carbons (Fsp3) is 0.600. The third-order valence-electron chi connectivity index (χ3n) is 4.05. The predicted octanol–water partition coefficient (Wildman–Crippen LogP) is 2.47. The number of nitrogens with zero attached hydrogens (tertiary/aromatic N) is 1. The Balaban J connectivity index is 2.02. The van der Waals surface area contributed by atoms with E-state index in [0.717, 1.165) is 13.1 Å². The number of benzene rings is 1. The zero-order valence-corrected chi connectivity index (χ0v) is 11.1. The molecule has 1 fully saturated rings. The number of piperidine rings is 1. The first-order chi connectivity index (χ1) is 8.20. The van der Waals surface area contributed by atoms with E-state index in [1.165, 1.54) is 42.6 Å². The summed E-state index contributed by atoms with van der Waals surface area (Å²) >= 11 is 0. The minimum atomic E-state index is 0.703. The van der Waals surface area contributed by atoms with Gasteiger partial charge in [-0.1, -0.05) is 18.2 Å². The van der Waals surface area contributed by atoms with Crippen LogP contribution in [0.2, 0.25) is 0 Å². The maximum atomic E-state index is 5.79. The van der Waals surface area contributed by atoms with Crippen LogP contribution in [0.25, 0.3) is 0 Å². The van der Waals surface area contributed by atoms with Gasteiger partial charge in [-0.3, -0.25) is 4.90 Å². The Labute approximate surface area is 105 Å². The summed E-state index contributed by atoms with van der Waals surface area (Å²) < 4.78 is 0. The molecule has 94 valence electrons. The number of nitrogens with two attached hydrogens (primary N) is 1. The highest BCUT2D eigenvalue weighted by Crippen LogP contribution is 2.20. The summed E-state index contributed by atoms with van der Waals surface area (Å²) in [7, 11) is 0. The normalized spacial score (nSPS) is 21.7. The van der Waals surface area contributed by atoms with Crippen molar-refractivity contribution in [2.45, 2.75) is 33.2 Å². The van der Waals surface area contributed by atoms with Gasteiger partial charge in [-0.05, 0) is 62.4 Å². The third-order valence-corrected chi connectivity index (χ3v) is 4.05. The summed E-state index contributed by atoms with van der Waals surface area (Å²) in [6.07, 6.45) is 2.60. The molecule has 0 bridgehead atoms. The van der Waals surface area contributed by atoms with Crippen LogP contribution < -0.4 is 5.73 Å². The standard InChI is InChI=1S/C15H24N2/c1-12-5-3-7-15(13(12)2)11-17-8-4-6-14(9-16)10-17/h3,5,7,14H,4,6,8-11,16H2,1-2H3. The zero-order valence-electron chi connectivity index (χ0n) is 11.1. The largest absolute Gasteiger partial charge is 0.330 e. The first-order valence-electron chi connectivity index (χ1n) is 6.68. The van der Waals surface area contributed by atoms with Gasteiger partial charge in [0.1, 0.15) is 0 Å². The molecule has 2 N–H and O–H groups in total. The van der Waals surface area contributed by atoms with Crippen molar-refractivity contribution in [3.8, 4) is 0 Å². The van der Waals surface area contributed by atoms with E-state index in [9.17, 15) is 0 Å². The Bertz CT molecular complexity index is 373. The van der Waals surface area contributed by atoms with Crippen LogP contribution in [0.5, 0.6) is 0 Å². The Morgan fingerprint density at radius 2 is 2.18 bits per heavy atom. The van der Waals surface area contributed by atoms with Gasteiger partial charge in [0.2, 0.25) is 0 Å². The van der Waals surface area contributed by atoms with Crippen LogP contribution in [0.3, 0.4) is 0 Å². The molecule has 0 saturated carbocycles. The molecule has 2 rings (SSSR count). The second-order valence-electron chi connectivity index (χ2n) is 5.34. The van der Waals surface area contributed by atoms with Gasteiger partial charge in [-0.15, -0.1) is 0 Å². The molecular formula is C15H24N2. The molecule has 1 aliphatic heterocycles. The molecule has 1 unspecified atom stereocenters. The maximum Gasteiger partial charge on any atom is 0.0236 e. The molecule has 0 radical (unpaired) electrons. The molecule has 1 aliphatic rings. The molecule has 0 amide bonds. The van der Waals surface area contributed by atoms with Gasteiger partial charge in [0.25, 0.3) is 0 Å². The van der Waals surface area contributed by atoms with Crippen molar-refractivity contribution in [3.05, 3.63) is 34.9 Å². The van der Waals surface area contributed by atoms with E-state index >= 15 is 0 Å². The highest BCUT2D eigenvalue weighted by atomic mass is 15.1. The smallest absolute Gasteiger partial charge is 0.0236 e. The summed E-state index contributed by atoms with van der Waals surface area (Å²) in [5.41, 5.74) is 10.1. The lowest BCUT2D eigenvalue weighted by molar-refractivity contribution is 0.171. The minimum absolute atomic E-state index is 0.703. The monoisotopic (exact) mass is 232 g/mol. The van der Waals surface area contributed by atoms with Gasteiger partial charge in [0.05, 0.1) is 0 Å². The lowest BCUT2D eigenvalue weighted by atomic mass is 9.96. The Hall–Kier alpha value is -0.860.